The quantitative estimate of drug-likeness (QED) is 0.869. The van der Waals surface area contributed by atoms with E-state index in [-0.39, 0.29) is 5.91 Å². The van der Waals surface area contributed by atoms with Crippen molar-refractivity contribution in [1.29, 1.82) is 0 Å². The fraction of sp³-hybridized carbons (Fsp3) is 0.562. The highest BCUT2D eigenvalue weighted by atomic mass is 16.5. The molecule has 0 saturated carbocycles. The second kappa shape index (κ2) is 5.94. The number of hydrogen-bond acceptors (Lipinski definition) is 4. The van der Waals surface area contributed by atoms with Crippen molar-refractivity contribution in [3.8, 4) is 0 Å². The van der Waals surface area contributed by atoms with E-state index in [9.17, 15) is 4.79 Å². The van der Waals surface area contributed by atoms with Crippen molar-refractivity contribution >= 4 is 5.91 Å². The van der Waals surface area contributed by atoms with Crippen LogP contribution in [-0.2, 0) is 18.3 Å². The minimum absolute atomic E-state index is 0.147. The summed E-state index contributed by atoms with van der Waals surface area (Å²) < 4.78 is 7.19. The second-order valence-electron chi connectivity index (χ2n) is 6.05. The lowest BCUT2D eigenvalue weighted by Crippen LogP contribution is -2.40. The van der Waals surface area contributed by atoms with Gasteiger partial charge in [-0.3, -0.25) is 4.79 Å². The molecule has 0 aromatic carbocycles. The first-order valence-electron chi connectivity index (χ1n) is 7.73. The minimum Gasteiger partial charge on any atom is -0.361 e. The smallest absolute Gasteiger partial charge is 0.227 e. The number of carbonyl (C=O) groups is 1. The first-order chi connectivity index (χ1) is 10.6. The summed E-state index contributed by atoms with van der Waals surface area (Å²) in [6.07, 6.45) is 6.25. The van der Waals surface area contributed by atoms with E-state index in [1.54, 1.807) is 0 Å². The van der Waals surface area contributed by atoms with Crippen LogP contribution in [0.2, 0.25) is 0 Å². The molecule has 0 aliphatic carbocycles. The van der Waals surface area contributed by atoms with Crippen molar-refractivity contribution in [3.63, 3.8) is 0 Å². The third-order valence-corrected chi connectivity index (χ3v) is 4.51. The van der Waals surface area contributed by atoms with Crippen molar-refractivity contribution in [3.05, 3.63) is 35.2 Å². The molecule has 6 heteroatoms. The van der Waals surface area contributed by atoms with Crippen LogP contribution in [-0.4, -0.2) is 38.6 Å². The van der Waals surface area contributed by atoms with Gasteiger partial charge in [0.1, 0.15) is 11.6 Å². The Kier molecular flexibility index (Phi) is 4.00. The molecule has 3 heterocycles. The van der Waals surface area contributed by atoms with Gasteiger partial charge in [0.15, 0.2) is 0 Å². The van der Waals surface area contributed by atoms with Gasteiger partial charge in [0.2, 0.25) is 5.91 Å². The first-order valence-corrected chi connectivity index (χ1v) is 7.73. The molecule has 1 fully saturated rings. The Labute approximate surface area is 130 Å². The van der Waals surface area contributed by atoms with E-state index in [2.05, 4.69) is 10.1 Å². The molecule has 1 saturated heterocycles. The number of aromatic nitrogens is 3. The average molecular weight is 302 g/mol. The predicted molar refractivity (Wildman–Crippen MR) is 81.4 cm³/mol. The summed E-state index contributed by atoms with van der Waals surface area (Å²) in [6.45, 7) is 5.30. The van der Waals surface area contributed by atoms with Gasteiger partial charge in [-0.1, -0.05) is 5.16 Å². The van der Waals surface area contributed by atoms with Gasteiger partial charge in [-0.15, -0.1) is 0 Å². The topological polar surface area (TPSA) is 64.2 Å². The molecule has 0 spiro atoms. The monoisotopic (exact) mass is 302 g/mol. The molecular weight excluding hydrogens is 280 g/mol. The van der Waals surface area contributed by atoms with Crippen LogP contribution in [0.5, 0.6) is 0 Å². The summed E-state index contributed by atoms with van der Waals surface area (Å²) in [6, 6.07) is 0. The molecular formula is C16H22N4O2. The first kappa shape index (κ1) is 14.8. The number of hydrogen-bond donors (Lipinski definition) is 0. The van der Waals surface area contributed by atoms with Gasteiger partial charge in [0, 0.05) is 44.0 Å². The molecule has 2 aromatic heterocycles. The molecule has 0 radical (unpaired) electrons. The Hall–Kier alpha value is -2.11. The number of imidazole rings is 1. The summed E-state index contributed by atoms with van der Waals surface area (Å²) in [5, 5.41) is 3.92. The molecule has 0 bridgehead atoms. The standard InChI is InChI=1S/C16H22N4O2/c1-11-14(12(2)22-18-11)9-15(21)20-7-4-5-13(10-20)16-17-6-8-19(16)3/h6,8,13H,4-5,7,9-10H2,1-3H3/t13-/m0/s1. The summed E-state index contributed by atoms with van der Waals surface area (Å²) >= 11 is 0. The predicted octanol–water partition coefficient (Wildman–Crippen LogP) is 1.97. The lowest BCUT2D eigenvalue weighted by Gasteiger charge is -2.32. The van der Waals surface area contributed by atoms with Gasteiger partial charge in [0.05, 0.1) is 12.1 Å². The largest absolute Gasteiger partial charge is 0.361 e. The molecule has 1 atom stereocenters. The Bertz CT molecular complexity index is 654. The van der Waals surface area contributed by atoms with Crippen LogP contribution in [0.4, 0.5) is 0 Å². The highest BCUT2D eigenvalue weighted by Gasteiger charge is 2.27. The summed E-state index contributed by atoms with van der Waals surface area (Å²) in [4.78, 5) is 19.0. The van der Waals surface area contributed by atoms with E-state index in [4.69, 9.17) is 4.52 Å². The molecule has 3 rings (SSSR count). The lowest BCUT2D eigenvalue weighted by atomic mass is 9.96. The van der Waals surface area contributed by atoms with E-state index >= 15 is 0 Å². The van der Waals surface area contributed by atoms with E-state index in [0.717, 1.165) is 48.8 Å². The zero-order valence-electron chi connectivity index (χ0n) is 13.4. The fourth-order valence-electron chi connectivity index (χ4n) is 3.20. The maximum atomic E-state index is 12.6. The van der Waals surface area contributed by atoms with Crippen molar-refractivity contribution < 1.29 is 9.32 Å². The van der Waals surface area contributed by atoms with Gasteiger partial charge in [-0.05, 0) is 26.7 Å². The molecule has 22 heavy (non-hydrogen) atoms. The van der Waals surface area contributed by atoms with Crippen molar-refractivity contribution in [2.45, 2.75) is 39.0 Å². The maximum absolute atomic E-state index is 12.6. The van der Waals surface area contributed by atoms with Crippen molar-refractivity contribution in [2.24, 2.45) is 7.05 Å². The van der Waals surface area contributed by atoms with Crippen LogP contribution in [0.3, 0.4) is 0 Å². The third kappa shape index (κ3) is 2.77. The van der Waals surface area contributed by atoms with Crippen LogP contribution >= 0.6 is 0 Å². The maximum Gasteiger partial charge on any atom is 0.227 e. The van der Waals surface area contributed by atoms with E-state index in [0.29, 0.717) is 12.3 Å². The number of piperidine rings is 1. The highest BCUT2D eigenvalue weighted by molar-refractivity contribution is 5.79. The Morgan fingerprint density at radius 2 is 2.27 bits per heavy atom. The normalized spacial score (nSPS) is 18.7. The van der Waals surface area contributed by atoms with Gasteiger partial charge >= 0.3 is 0 Å². The van der Waals surface area contributed by atoms with Crippen LogP contribution in [0, 0.1) is 13.8 Å². The Morgan fingerprint density at radius 1 is 1.45 bits per heavy atom. The zero-order valence-corrected chi connectivity index (χ0v) is 13.4. The average Bonchev–Trinajstić information content (AvgIpc) is 3.08. The van der Waals surface area contributed by atoms with E-state index < -0.39 is 0 Å². The SMILES string of the molecule is Cc1noc(C)c1CC(=O)N1CCC[C@H](c2nccn2C)C1. The van der Waals surface area contributed by atoms with Gasteiger partial charge in [0.25, 0.3) is 0 Å². The Balaban J connectivity index is 1.69. The van der Waals surface area contributed by atoms with Crippen LogP contribution in [0.1, 0.15) is 41.6 Å². The summed E-state index contributed by atoms with van der Waals surface area (Å²) in [5.74, 6) is 2.27. The van der Waals surface area contributed by atoms with Gasteiger partial charge in [-0.2, -0.15) is 0 Å². The van der Waals surface area contributed by atoms with Gasteiger partial charge in [-0.25, -0.2) is 4.98 Å². The number of carbonyl (C=O) groups excluding carboxylic acids is 1. The van der Waals surface area contributed by atoms with Crippen LogP contribution in [0.25, 0.3) is 0 Å². The van der Waals surface area contributed by atoms with Gasteiger partial charge < -0.3 is 14.0 Å². The molecule has 1 aliphatic rings. The number of nitrogens with zero attached hydrogens (tertiary/aromatic N) is 4. The zero-order chi connectivity index (χ0) is 15.7. The highest BCUT2D eigenvalue weighted by Crippen LogP contribution is 2.26. The molecule has 2 aromatic rings. The molecule has 0 N–H and O–H groups in total. The lowest BCUT2D eigenvalue weighted by molar-refractivity contribution is -0.131. The number of aryl methyl sites for hydroxylation is 3. The van der Waals surface area contributed by atoms with E-state index in [1.165, 1.54) is 0 Å². The molecule has 6 nitrogen and oxygen atoms in total. The van der Waals surface area contributed by atoms with Crippen LogP contribution < -0.4 is 0 Å². The second-order valence-corrected chi connectivity index (χ2v) is 6.05. The minimum atomic E-state index is 0.147. The van der Waals surface area contributed by atoms with E-state index in [1.807, 2.05) is 42.8 Å². The van der Waals surface area contributed by atoms with Crippen LogP contribution in [0.15, 0.2) is 16.9 Å². The molecule has 1 amide bonds. The Morgan fingerprint density at radius 3 is 2.91 bits per heavy atom. The molecule has 118 valence electrons. The fourth-order valence-corrected chi connectivity index (χ4v) is 3.20. The number of amides is 1. The third-order valence-electron chi connectivity index (χ3n) is 4.51. The molecule has 1 aliphatic heterocycles. The number of rotatable bonds is 3. The van der Waals surface area contributed by atoms with Crippen molar-refractivity contribution in [1.82, 2.24) is 19.6 Å². The summed E-state index contributed by atoms with van der Waals surface area (Å²) in [7, 11) is 2.01. The van der Waals surface area contributed by atoms with Crippen molar-refractivity contribution in [2.75, 3.05) is 13.1 Å². The number of likely N-dealkylation sites (tertiary alicyclic amines) is 1. The summed E-state index contributed by atoms with van der Waals surface area (Å²) in [5.41, 5.74) is 1.73. The molecule has 0 unspecified atom stereocenters.